The summed E-state index contributed by atoms with van der Waals surface area (Å²) in [6.45, 7) is 2.81. The van der Waals surface area contributed by atoms with Gasteiger partial charge < -0.3 is 19.3 Å². The van der Waals surface area contributed by atoms with Crippen molar-refractivity contribution in [2.75, 3.05) is 38.2 Å². The zero-order valence-electron chi connectivity index (χ0n) is 19.8. The van der Waals surface area contributed by atoms with E-state index in [0.29, 0.717) is 53.3 Å². The zero-order valence-corrected chi connectivity index (χ0v) is 21.3. The van der Waals surface area contributed by atoms with E-state index >= 15 is 0 Å². The van der Waals surface area contributed by atoms with Gasteiger partial charge in [-0.1, -0.05) is 53.5 Å². The van der Waals surface area contributed by atoms with Crippen LogP contribution in [0, 0.1) is 11.3 Å². The molecular formula is C28H25Cl2N3O3. The molecule has 1 fully saturated rings. The van der Waals surface area contributed by atoms with E-state index in [1.165, 1.54) is 7.11 Å². The van der Waals surface area contributed by atoms with Crippen LogP contribution in [-0.2, 0) is 11.4 Å². The number of carbonyl (C=O) groups is 1. The lowest BCUT2D eigenvalue weighted by Gasteiger charge is -2.36. The SMILES string of the molecule is COc1cc(/C=C(/C#N)C(=O)N2CCN(c3ccccc3)CC2)ccc1OCc1ccc(Cl)c(Cl)c1. The molecule has 36 heavy (non-hydrogen) atoms. The Morgan fingerprint density at radius 1 is 0.972 bits per heavy atom. The third kappa shape index (κ3) is 6.12. The van der Waals surface area contributed by atoms with Gasteiger partial charge in [0, 0.05) is 31.9 Å². The standard InChI is InChI=1S/C28H25Cl2N3O3/c1-35-27-17-20(8-10-26(27)36-19-21-7-9-24(29)25(30)16-21)15-22(18-31)28(34)33-13-11-32(12-14-33)23-5-3-2-4-6-23/h2-10,15-17H,11-14,19H2,1H3/b22-15-. The Labute approximate surface area is 220 Å². The first-order valence-electron chi connectivity index (χ1n) is 11.4. The van der Waals surface area contributed by atoms with E-state index in [0.717, 1.165) is 11.3 Å². The quantitative estimate of drug-likeness (QED) is 0.288. The van der Waals surface area contributed by atoms with Crippen LogP contribution in [-0.4, -0.2) is 44.1 Å². The lowest BCUT2D eigenvalue weighted by molar-refractivity contribution is -0.126. The fraction of sp³-hybridized carbons (Fsp3) is 0.214. The first-order valence-corrected chi connectivity index (χ1v) is 12.2. The van der Waals surface area contributed by atoms with Gasteiger partial charge in [0.2, 0.25) is 0 Å². The van der Waals surface area contributed by atoms with Gasteiger partial charge in [0.25, 0.3) is 5.91 Å². The highest BCUT2D eigenvalue weighted by Crippen LogP contribution is 2.31. The van der Waals surface area contributed by atoms with Crippen molar-refractivity contribution in [1.82, 2.24) is 4.90 Å². The monoisotopic (exact) mass is 521 g/mol. The summed E-state index contributed by atoms with van der Waals surface area (Å²) in [7, 11) is 1.54. The van der Waals surface area contributed by atoms with Gasteiger partial charge >= 0.3 is 0 Å². The third-order valence-corrected chi connectivity index (χ3v) is 6.66. The molecule has 3 aromatic rings. The number of hydrogen-bond donors (Lipinski definition) is 0. The predicted octanol–water partition coefficient (Wildman–Crippen LogP) is 5.84. The maximum atomic E-state index is 13.0. The van der Waals surface area contributed by atoms with Crippen LogP contribution in [0.5, 0.6) is 11.5 Å². The zero-order chi connectivity index (χ0) is 25.5. The fourth-order valence-corrected chi connectivity index (χ4v) is 4.29. The molecule has 1 saturated heterocycles. The Morgan fingerprint density at radius 3 is 2.39 bits per heavy atom. The summed E-state index contributed by atoms with van der Waals surface area (Å²) in [6, 6.07) is 22.7. The van der Waals surface area contributed by atoms with Gasteiger partial charge in [0.05, 0.1) is 17.2 Å². The number of ether oxygens (including phenoxy) is 2. The summed E-state index contributed by atoms with van der Waals surface area (Å²) >= 11 is 12.0. The highest BCUT2D eigenvalue weighted by molar-refractivity contribution is 6.42. The molecule has 0 radical (unpaired) electrons. The molecule has 0 saturated carbocycles. The lowest BCUT2D eigenvalue weighted by Crippen LogP contribution is -2.49. The van der Waals surface area contributed by atoms with Crippen molar-refractivity contribution in [1.29, 1.82) is 5.26 Å². The maximum absolute atomic E-state index is 13.0. The molecule has 1 aliphatic rings. The van der Waals surface area contributed by atoms with Crippen molar-refractivity contribution < 1.29 is 14.3 Å². The second-order valence-corrected chi connectivity index (χ2v) is 9.05. The van der Waals surface area contributed by atoms with Crippen molar-refractivity contribution in [3.8, 4) is 17.6 Å². The summed E-state index contributed by atoms with van der Waals surface area (Å²) in [5.41, 5.74) is 2.74. The van der Waals surface area contributed by atoms with E-state index in [9.17, 15) is 10.1 Å². The minimum atomic E-state index is -0.274. The van der Waals surface area contributed by atoms with E-state index in [1.807, 2.05) is 24.3 Å². The van der Waals surface area contributed by atoms with E-state index < -0.39 is 0 Å². The molecule has 1 aliphatic heterocycles. The number of rotatable bonds is 7. The number of benzene rings is 3. The van der Waals surface area contributed by atoms with Gasteiger partial charge in [0.1, 0.15) is 18.2 Å². The molecule has 1 amide bonds. The molecule has 1 heterocycles. The van der Waals surface area contributed by atoms with Crippen LogP contribution in [0.25, 0.3) is 6.08 Å². The first-order chi connectivity index (χ1) is 17.5. The molecule has 3 aromatic carbocycles. The van der Waals surface area contributed by atoms with Crippen LogP contribution < -0.4 is 14.4 Å². The van der Waals surface area contributed by atoms with Crippen molar-refractivity contribution in [2.45, 2.75) is 6.61 Å². The van der Waals surface area contributed by atoms with Crippen LogP contribution in [0.2, 0.25) is 10.0 Å². The van der Waals surface area contributed by atoms with Crippen LogP contribution in [0.4, 0.5) is 5.69 Å². The Hall–Kier alpha value is -3.66. The number of para-hydroxylation sites is 1. The van der Waals surface area contributed by atoms with Gasteiger partial charge in [-0.2, -0.15) is 5.26 Å². The molecule has 0 aliphatic carbocycles. The predicted molar refractivity (Wildman–Crippen MR) is 143 cm³/mol. The average Bonchev–Trinajstić information content (AvgIpc) is 2.92. The van der Waals surface area contributed by atoms with Gasteiger partial charge in [0.15, 0.2) is 11.5 Å². The topological polar surface area (TPSA) is 65.8 Å². The molecule has 0 unspecified atom stereocenters. The maximum Gasteiger partial charge on any atom is 0.264 e. The number of hydrogen-bond acceptors (Lipinski definition) is 5. The minimum Gasteiger partial charge on any atom is -0.493 e. The Morgan fingerprint density at radius 2 is 1.72 bits per heavy atom. The highest BCUT2D eigenvalue weighted by atomic mass is 35.5. The first kappa shape index (κ1) is 25.4. The third-order valence-electron chi connectivity index (χ3n) is 5.92. The number of halogens is 2. The van der Waals surface area contributed by atoms with E-state index in [2.05, 4.69) is 23.1 Å². The van der Waals surface area contributed by atoms with Crippen molar-refractivity contribution in [2.24, 2.45) is 0 Å². The second-order valence-electron chi connectivity index (χ2n) is 8.23. The van der Waals surface area contributed by atoms with E-state index in [-0.39, 0.29) is 18.1 Å². The smallest absolute Gasteiger partial charge is 0.264 e. The van der Waals surface area contributed by atoms with Gasteiger partial charge in [-0.25, -0.2) is 0 Å². The number of piperazine rings is 1. The Bertz CT molecular complexity index is 1300. The van der Waals surface area contributed by atoms with Gasteiger partial charge in [-0.05, 0) is 53.6 Å². The molecule has 0 bridgehead atoms. The van der Waals surface area contributed by atoms with Crippen LogP contribution >= 0.6 is 23.2 Å². The molecule has 0 N–H and O–H groups in total. The molecule has 8 heteroatoms. The van der Waals surface area contributed by atoms with Crippen LogP contribution in [0.3, 0.4) is 0 Å². The summed E-state index contributed by atoms with van der Waals surface area (Å²) in [5.74, 6) is 0.747. The number of nitrogens with zero attached hydrogens (tertiary/aromatic N) is 3. The number of nitriles is 1. The summed E-state index contributed by atoms with van der Waals surface area (Å²) in [4.78, 5) is 17.0. The average molecular weight is 522 g/mol. The Balaban J connectivity index is 1.42. The molecule has 6 nitrogen and oxygen atoms in total. The molecule has 184 valence electrons. The number of amides is 1. The molecule has 4 rings (SSSR count). The minimum absolute atomic E-state index is 0.0784. The van der Waals surface area contributed by atoms with Gasteiger partial charge in [-0.15, -0.1) is 0 Å². The van der Waals surface area contributed by atoms with Crippen molar-refractivity contribution in [3.05, 3.63) is 93.5 Å². The number of carbonyl (C=O) groups excluding carboxylic acids is 1. The second kappa shape index (κ2) is 11.9. The van der Waals surface area contributed by atoms with E-state index in [4.69, 9.17) is 32.7 Å². The van der Waals surface area contributed by atoms with Crippen molar-refractivity contribution >= 4 is 40.9 Å². The number of methoxy groups -OCH3 is 1. The fourth-order valence-electron chi connectivity index (χ4n) is 3.97. The highest BCUT2D eigenvalue weighted by Gasteiger charge is 2.24. The van der Waals surface area contributed by atoms with Crippen LogP contribution in [0.15, 0.2) is 72.3 Å². The summed E-state index contributed by atoms with van der Waals surface area (Å²) in [6.07, 6.45) is 1.58. The van der Waals surface area contributed by atoms with Gasteiger partial charge in [-0.3, -0.25) is 4.79 Å². The Kier molecular flexibility index (Phi) is 8.37. The molecule has 0 aromatic heterocycles. The molecule has 0 atom stereocenters. The van der Waals surface area contributed by atoms with E-state index in [1.54, 1.807) is 41.3 Å². The van der Waals surface area contributed by atoms with Crippen LogP contribution in [0.1, 0.15) is 11.1 Å². The lowest BCUT2D eigenvalue weighted by atomic mass is 10.1. The molecular weight excluding hydrogens is 497 g/mol. The summed E-state index contributed by atoms with van der Waals surface area (Å²) in [5, 5.41) is 10.6. The largest absolute Gasteiger partial charge is 0.493 e. The molecule has 0 spiro atoms. The number of anilines is 1. The normalized spacial score (nSPS) is 13.8. The summed E-state index contributed by atoms with van der Waals surface area (Å²) < 4.78 is 11.4. The van der Waals surface area contributed by atoms with Crippen molar-refractivity contribution in [3.63, 3.8) is 0 Å².